The summed E-state index contributed by atoms with van der Waals surface area (Å²) in [6.07, 6.45) is 3.20. The third kappa shape index (κ3) is 7.47. The van der Waals surface area contributed by atoms with E-state index in [4.69, 9.17) is 0 Å². The van der Waals surface area contributed by atoms with Crippen molar-refractivity contribution in [3.8, 4) is 6.07 Å². The fourth-order valence-electron chi connectivity index (χ4n) is 3.70. The molecule has 3 N–H and O–H groups in total. The Morgan fingerprint density at radius 1 is 0.900 bits per heavy atom. The second kappa shape index (κ2) is 13.4. The summed E-state index contributed by atoms with van der Waals surface area (Å²) in [7, 11) is 0. The summed E-state index contributed by atoms with van der Waals surface area (Å²) in [5, 5.41) is 18.0. The Bertz CT molecular complexity index is 1590. The minimum Gasteiger partial charge on any atom is -0.322 e. The molecule has 0 aliphatic rings. The number of hydrogen-bond donors (Lipinski definition) is 3. The number of benzene rings is 3. The summed E-state index contributed by atoms with van der Waals surface area (Å²) >= 11 is 2.39. The van der Waals surface area contributed by atoms with Gasteiger partial charge in [-0.3, -0.25) is 14.4 Å². The van der Waals surface area contributed by atoms with Gasteiger partial charge in [-0.05, 0) is 61.4 Å². The van der Waals surface area contributed by atoms with Gasteiger partial charge in [0.05, 0.1) is 15.7 Å². The SMILES string of the molecule is Cc1c(C(=O)Nc2ccccc2)sc(NC(=O)C(C)Sc2cccc(NC(=O)/C=C/c3ccccc3)c2)c1C#N. The van der Waals surface area contributed by atoms with Gasteiger partial charge >= 0.3 is 0 Å². The summed E-state index contributed by atoms with van der Waals surface area (Å²) in [6.45, 7) is 3.45. The largest absolute Gasteiger partial charge is 0.322 e. The molecule has 0 fully saturated rings. The van der Waals surface area contributed by atoms with Crippen LogP contribution in [0, 0.1) is 18.3 Å². The Morgan fingerprint density at radius 2 is 1.57 bits per heavy atom. The van der Waals surface area contributed by atoms with Gasteiger partial charge in [0.15, 0.2) is 0 Å². The van der Waals surface area contributed by atoms with E-state index in [1.54, 1.807) is 50.3 Å². The van der Waals surface area contributed by atoms with Crippen LogP contribution in [0.3, 0.4) is 0 Å². The molecular weight excluding hydrogens is 541 g/mol. The number of nitrogens with one attached hydrogen (secondary N) is 3. The molecule has 7 nitrogen and oxygen atoms in total. The van der Waals surface area contributed by atoms with Crippen LogP contribution in [0.15, 0.2) is 95.9 Å². The Labute approximate surface area is 240 Å². The lowest BCUT2D eigenvalue weighted by Crippen LogP contribution is -2.22. The number of amides is 3. The predicted octanol–water partition coefficient (Wildman–Crippen LogP) is 6.95. The van der Waals surface area contributed by atoms with Gasteiger partial charge < -0.3 is 16.0 Å². The van der Waals surface area contributed by atoms with Crippen LogP contribution in [0.5, 0.6) is 0 Å². The highest BCUT2D eigenvalue weighted by atomic mass is 32.2. The molecule has 9 heteroatoms. The van der Waals surface area contributed by atoms with Gasteiger partial charge in [0.25, 0.3) is 5.91 Å². The van der Waals surface area contributed by atoms with Gasteiger partial charge in [-0.15, -0.1) is 23.1 Å². The lowest BCUT2D eigenvalue weighted by molar-refractivity contribution is -0.115. The van der Waals surface area contributed by atoms with E-state index in [1.165, 1.54) is 17.8 Å². The van der Waals surface area contributed by atoms with Crippen molar-refractivity contribution in [3.63, 3.8) is 0 Å². The third-order valence-corrected chi connectivity index (χ3v) is 8.04. The number of thiophene rings is 1. The lowest BCUT2D eigenvalue weighted by Gasteiger charge is -2.12. The molecule has 1 heterocycles. The van der Waals surface area contributed by atoms with Gasteiger partial charge in [0.1, 0.15) is 11.1 Å². The second-order valence-electron chi connectivity index (χ2n) is 8.70. The molecular formula is C31H26N4O3S2. The molecule has 0 radical (unpaired) electrons. The van der Waals surface area contributed by atoms with Crippen molar-refractivity contribution in [2.24, 2.45) is 0 Å². The zero-order chi connectivity index (χ0) is 28.5. The average molecular weight is 567 g/mol. The van der Waals surface area contributed by atoms with Crippen molar-refractivity contribution in [1.82, 2.24) is 0 Å². The molecule has 0 saturated carbocycles. The number of carbonyl (C=O) groups excluding carboxylic acids is 3. The van der Waals surface area contributed by atoms with Crippen molar-refractivity contribution in [2.75, 3.05) is 16.0 Å². The van der Waals surface area contributed by atoms with Crippen LogP contribution in [0.25, 0.3) is 6.08 Å². The van der Waals surface area contributed by atoms with E-state index in [1.807, 2.05) is 54.6 Å². The first-order chi connectivity index (χ1) is 19.3. The van der Waals surface area contributed by atoms with Gasteiger partial charge in [-0.2, -0.15) is 5.26 Å². The molecule has 3 amide bonds. The number of carbonyl (C=O) groups is 3. The molecule has 0 aliphatic heterocycles. The first-order valence-corrected chi connectivity index (χ1v) is 14.0. The monoisotopic (exact) mass is 566 g/mol. The van der Waals surface area contributed by atoms with E-state index >= 15 is 0 Å². The first-order valence-electron chi connectivity index (χ1n) is 12.4. The third-order valence-electron chi connectivity index (χ3n) is 5.74. The lowest BCUT2D eigenvalue weighted by atomic mass is 10.1. The Kier molecular flexibility index (Phi) is 9.52. The van der Waals surface area contributed by atoms with E-state index in [2.05, 4.69) is 22.0 Å². The van der Waals surface area contributed by atoms with E-state index in [-0.39, 0.29) is 23.3 Å². The quantitative estimate of drug-likeness (QED) is 0.150. The topological polar surface area (TPSA) is 111 Å². The van der Waals surface area contributed by atoms with Gasteiger partial charge in [-0.25, -0.2) is 0 Å². The van der Waals surface area contributed by atoms with E-state index in [0.717, 1.165) is 21.8 Å². The van der Waals surface area contributed by atoms with Crippen molar-refractivity contribution in [3.05, 3.63) is 113 Å². The van der Waals surface area contributed by atoms with Gasteiger partial charge in [0.2, 0.25) is 11.8 Å². The zero-order valence-electron chi connectivity index (χ0n) is 21.8. The van der Waals surface area contributed by atoms with Crippen LogP contribution in [0.2, 0.25) is 0 Å². The molecule has 0 saturated heterocycles. The number of thioether (sulfide) groups is 1. The Balaban J connectivity index is 1.39. The molecule has 4 rings (SSSR count). The smallest absolute Gasteiger partial charge is 0.266 e. The predicted molar refractivity (Wildman–Crippen MR) is 163 cm³/mol. The Hall–Kier alpha value is -4.65. The average Bonchev–Trinajstić information content (AvgIpc) is 3.27. The molecule has 1 aromatic heterocycles. The highest BCUT2D eigenvalue weighted by Gasteiger charge is 2.23. The van der Waals surface area contributed by atoms with E-state index < -0.39 is 5.25 Å². The summed E-state index contributed by atoms with van der Waals surface area (Å²) in [5.74, 6) is -0.912. The minimum atomic E-state index is -0.514. The Morgan fingerprint density at radius 3 is 2.27 bits per heavy atom. The summed E-state index contributed by atoms with van der Waals surface area (Å²) in [5.41, 5.74) is 2.95. The zero-order valence-corrected chi connectivity index (χ0v) is 23.4. The number of rotatable bonds is 9. The van der Waals surface area contributed by atoms with Crippen molar-refractivity contribution in [1.29, 1.82) is 5.26 Å². The summed E-state index contributed by atoms with van der Waals surface area (Å²) in [4.78, 5) is 39.4. The number of hydrogen-bond acceptors (Lipinski definition) is 6. The molecule has 1 atom stereocenters. The molecule has 0 spiro atoms. The van der Waals surface area contributed by atoms with Crippen LogP contribution in [-0.2, 0) is 9.59 Å². The molecule has 0 bridgehead atoms. The van der Waals surface area contributed by atoms with Crippen LogP contribution in [0.1, 0.15) is 33.3 Å². The number of nitriles is 1. The molecule has 200 valence electrons. The van der Waals surface area contributed by atoms with Crippen molar-refractivity contribution >= 4 is 63.3 Å². The van der Waals surface area contributed by atoms with Crippen molar-refractivity contribution in [2.45, 2.75) is 24.0 Å². The van der Waals surface area contributed by atoms with Crippen LogP contribution in [-0.4, -0.2) is 23.0 Å². The fraction of sp³-hybridized carbons (Fsp3) is 0.0968. The maximum atomic E-state index is 13.0. The van der Waals surface area contributed by atoms with E-state index in [0.29, 0.717) is 26.8 Å². The molecule has 0 aliphatic carbocycles. The summed E-state index contributed by atoms with van der Waals surface area (Å²) < 4.78 is 0. The number of para-hydroxylation sites is 1. The number of nitrogens with zero attached hydrogens (tertiary/aromatic N) is 1. The summed E-state index contributed by atoms with van der Waals surface area (Å²) in [6, 6.07) is 27.9. The second-order valence-corrected chi connectivity index (χ2v) is 11.1. The van der Waals surface area contributed by atoms with Crippen LogP contribution >= 0.6 is 23.1 Å². The van der Waals surface area contributed by atoms with Crippen molar-refractivity contribution < 1.29 is 14.4 Å². The highest BCUT2D eigenvalue weighted by Crippen LogP contribution is 2.34. The molecule has 3 aromatic carbocycles. The highest BCUT2D eigenvalue weighted by molar-refractivity contribution is 8.00. The molecule has 1 unspecified atom stereocenters. The maximum Gasteiger partial charge on any atom is 0.266 e. The molecule has 40 heavy (non-hydrogen) atoms. The maximum absolute atomic E-state index is 13.0. The van der Waals surface area contributed by atoms with Gasteiger partial charge in [0, 0.05) is 22.3 Å². The van der Waals surface area contributed by atoms with Crippen LogP contribution in [0.4, 0.5) is 16.4 Å². The standard InChI is InChI=1S/C31H26N4O3S2/c1-20-26(19-32)31(40-28(20)30(38)34-23-12-7-4-8-13-23)35-29(37)21(2)39-25-15-9-14-24(18-25)33-27(36)17-16-22-10-5-3-6-11-22/h3-18,21H,1-2H3,(H,33,36)(H,34,38)(H,35,37)/b17-16+. The normalized spacial score (nSPS) is 11.4. The minimum absolute atomic E-state index is 0.263. The van der Waals surface area contributed by atoms with Crippen LogP contribution < -0.4 is 16.0 Å². The molecule has 4 aromatic rings. The first kappa shape index (κ1) is 28.4. The van der Waals surface area contributed by atoms with Gasteiger partial charge in [-0.1, -0.05) is 54.6 Å². The van der Waals surface area contributed by atoms with E-state index in [9.17, 15) is 19.6 Å². The number of anilines is 3. The fourth-order valence-corrected chi connectivity index (χ4v) is 5.68.